The van der Waals surface area contributed by atoms with E-state index >= 15 is 0 Å². The molecule has 0 unspecified atom stereocenters. The lowest BCUT2D eigenvalue weighted by atomic mass is 9.73. The van der Waals surface area contributed by atoms with Crippen molar-refractivity contribution >= 4 is 17.0 Å². The van der Waals surface area contributed by atoms with Crippen molar-refractivity contribution < 1.29 is 0 Å². The molecule has 0 radical (unpaired) electrons. The fourth-order valence-electron chi connectivity index (χ4n) is 3.86. The van der Waals surface area contributed by atoms with Gasteiger partial charge in [-0.3, -0.25) is 0 Å². The third kappa shape index (κ3) is 2.83. The molecule has 0 aliphatic carbocycles. The normalized spacial score (nSPS) is 16.8. The van der Waals surface area contributed by atoms with Crippen LogP contribution in [0.1, 0.15) is 31.0 Å². The maximum Gasteiger partial charge on any atom is 0.220 e. The molecule has 26 heavy (non-hydrogen) atoms. The van der Waals surface area contributed by atoms with Gasteiger partial charge < -0.3 is 21.8 Å². The first-order valence-corrected chi connectivity index (χ1v) is 9.17. The summed E-state index contributed by atoms with van der Waals surface area (Å²) in [5.74, 6) is 0.301. The summed E-state index contributed by atoms with van der Waals surface area (Å²) in [7, 11) is 0. The van der Waals surface area contributed by atoms with Crippen molar-refractivity contribution in [1.82, 2.24) is 25.3 Å². The van der Waals surface area contributed by atoms with Crippen LogP contribution in [-0.2, 0) is 11.8 Å². The molecule has 7 heteroatoms. The molecule has 0 saturated carbocycles. The summed E-state index contributed by atoms with van der Waals surface area (Å²) in [6, 6.07) is 4.21. The van der Waals surface area contributed by atoms with Crippen LogP contribution in [0.5, 0.6) is 0 Å². The summed E-state index contributed by atoms with van der Waals surface area (Å²) in [5, 5.41) is 4.47. The van der Waals surface area contributed by atoms with Crippen molar-refractivity contribution in [2.24, 2.45) is 5.73 Å². The van der Waals surface area contributed by atoms with Crippen LogP contribution in [0, 0.1) is 0 Å². The van der Waals surface area contributed by atoms with Gasteiger partial charge >= 0.3 is 0 Å². The lowest BCUT2D eigenvalue weighted by Gasteiger charge is -2.37. The number of nitrogen functional groups attached to an aromatic ring is 1. The maximum atomic E-state index is 6.20. The van der Waals surface area contributed by atoms with Crippen molar-refractivity contribution in [3.05, 3.63) is 35.8 Å². The SMILES string of the molecule is CCc1cc(-c2c[nH]c3ncc(C4(CN)CCNCC4)cc23)nc(N)n1. The fraction of sp³-hybridized carbons (Fsp3) is 0.421. The van der Waals surface area contributed by atoms with E-state index in [9.17, 15) is 0 Å². The number of nitrogens with zero attached hydrogens (tertiary/aromatic N) is 3. The van der Waals surface area contributed by atoms with E-state index in [1.807, 2.05) is 18.5 Å². The zero-order chi connectivity index (χ0) is 18.1. The molecule has 3 aromatic heterocycles. The first-order chi connectivity index (χ1) is 12.6. The number of nitrogens with two attached hydrogens (primary N) is 2. The van der Waals surface area contributed by atoms with Crippen molar-refractivity contribution in [3.8, 4) is 11.3 Å². The van der Waals surface area contributed by atoms with Crippen LogP contribution in [0.25, 0.3) is 22.3 Å². The Bertz CT molecular complexity index is 925. The molecule has 0 amide bonds. The average molecular weight is 351 g/mol. The minimum atomic E-state index is -0.0136. The highest BCUT2D eigenvalue weighted by molar-refractivity contribution is 5.93. The number of aromatic amines is 1. The zero-order valence-electron chi connectivity index (χ0n) is 15.0. The molecule has 4 heterocycles. The van der Waals surface area contributed by atoms with E-state index in [-0.39, 0.29) is 5.41 Å². The predicted octanol–water partition coefficient (Wildman–Crippen LogP) is 1.74. The Morgan fingerprint density at radius 1 is 1.19 bits per heavy atom. The summed E-state index contributed by atoms with van der Waals surface area (Å²) < 4.78 is 0. The molecule has 0 bridgehead atoms. The van der Waals surface area contributed by atoms with Crippen LogP contribution >= 0.6 is 0 Å². The van der Waals surface area contributed by atoms with Gasteiger partial charge in [-0.2, -0.15) is 0 Å². The third-order valence-corrected chi connectivity index (χ3v) is 5.53. The highest BCUT2D eigenvalue weighted by atomic mass is 15.0. The fourth-order valence-corrected chi connectivity index (χ4v) is 3.86. The van der Waals surface area contributed by atoms with Crippen LogP contribution in [0.3, 0.4) is 0 Å². The Balaban J connectivity index is 1.84. The monoisotopic (exact) mass is 351 g/mol. The van der Waals surface area contributed by atoms with E-state index in [2.05, 4.69) is 38.2 Å². The Hall–Kier alpha value is -2.51. The van der Waals surface area contributed by atoms with E-state index in [4.69, 9.17) is 11.5 Å². The van der Waals surface area contributed by atoms with Gasteiger partial charge in [0.05, 0.1) is 5.69 Å². The number of hydrogen-bond donors (Lipinski definition) is 4. The van der Waals surface area contributed by atoms with Crippen molar-refractivity contribution in [3.63, 3.8) is 0 Å². The molecular weight excluding hydrogens is 326 g/mol. The van der Waals surface area contributed by atoms with Gasteiger partial charge in [0.1, 0.15) is 5.65 Å². The minimum absolute atomic E-state index is 0.0136. The van der Waals surface area contributed by atoms with E-state index in [0.717, 1.165) is 60.3 Å². The lowest BCUT2D eigenvalue weighted by Crippen LogP contribution is -2.44. The molecule has 6 N–H and O–H groups in total. The molecule has 0 atom stereocenters. The van der Waals surface area contributed by atoms with Crippen LogP contribution in [0.15, 0.2) is 24.5 Å². The molecule has 1 aliphatic rings. The highest BCUT2D eigenvalue weighted by Gasteiger charge is 2.33. The lowest BCUT2D eigenvalue weighted by molar-refractivity contribution is 0.315. The second-order valence-electron chi connectivity index (χ2n) is 7.01. The zero-order valence-corrected chi connectivity index (χ0v) is 15.0. The Kier molecular flexibility index (Phi) is 4.34. The molecule has 136 valence electrons. The molecule has 7 nitrogen and oxygen atoms in total. The van der Waals surface area contributed by atoms with Crippen LogP contribution in [0.2, 0.25) is 0 Å². The Morgan fingerprint density at radius 3 is 2.73 bits per heavy atom. The summed E-state index contributed by atoms with van der Waals surface area (Å²) in [5.41, 5.74) is 16.9. The standard InChI is InChI=1S/C19H25N7/c1-2-13-8-16(26-18(21)25-13)15-10-24-17-14(15)7-12(9-23-17)19(11-20)3-5-22-6-4-19/h7-10,22H,2-6,11,20H2,1H3,(H,23,24)(H2,21,25,26). The molecule has 0 spiro atoms. The number of aryl methyl sites for hydroxylation is 1. The van der Waals surface area contributed by atoms with Gasteiger partial charge in [-0.05, 0) is 50.0 Å². The van der Waals surface area contributed by atoms with Crippen molar-refractivity contribution in [2.45, 2.75) is 31.6 Å². The van der Waals surface area contributed by atoms with Gasteiger partial charge in [-0.1, -0.05) is 6.92 Å². The van der Waals surface area contributed by atoms with Gasteiger partial charge in [0.15, 0.2) is 0 Å². The number of rotatable bonds is 4. The van der Waals surface area contributed by atoms with E-state index in [0.29, 0.717) is 12.5 Å². The number of pyridine rings is 1. The highest BCUT2D eigenvalue weighted by Crippen LogP contribution is 2.35. The molecule has 1 aliphatic heterocycles. The average Bonchev–Trinajstić information content (AvgIpc) is 3.11. The first kappa shape index (κ1) is 16.9. The maximum absolute atomic E-state index is 6.20. The number of aromatic nitrogens is 4. The summed E-state index contributed by atoms with van der Waals surface area (Å²) in [4.78, 5) is 16.6. The molecular formula is C19H25N7. The minimum Gasteiger partial charge on any atom is -0.368 e. The van der Waals surface area contributed by atoms with Gasteiger partial charge in [-0.15, -0.1) is 0 Å². The smallest absolute Gasteiger partial charge is 0.220 e. The second-order valence-corrected chi connectivity index (χ2v) is 7.01. The molecule has 1 saturated heterocycles. The molecule has 3 aromatic rings. The van der Waals surface area contributed by atoms with Gasteiger partial charge in [0.2, 0.25) is 5.95 Å². The van der Waals surface area contributed by atoms with Crippen LogP contribution < -0.4 is 16.8 Å². The molecule has 1 fully saturated rings. The molecule has 0 aromatic carbocycles. The number of anilines is 1. The van der Waals surface area contributed by atoms with Gasteiger partial charge in [0, 0.05) is 41.0 Å². The number of piperidine rings is 1. The topological polar surface area (TPSA) is 119 Å². The van der Waals surface area contributed by atoms with Gasteiger partial charge in [-0.25, -0.2) is 15.0 Å². The largest absolute Gasteiger partial charge is 0.368 e. The summed E-state index contributed by atoms with van der Waals surface area (Å²) in [6.07, 6.45) is 6.77. The predicted molar refractivity (Wildman–Crippen MR) is 104 cm³/mol. The Morgan fingerprint density at radius 2 is 2.00 bits per heavy atom. The summed E-state index contributed by atoms with van der Waals surface area (Å²) >= 11 is 0. The first-order valence-electron chi connectivity index (χ1n) is 9.17. The number of H-pyrrole nitrogens is 1. The molecule has 4 rings (SSSR count). The van der Waals surface area contributed by atoms with E-state index < -0.39 is 0 Å². The van der Waals surface area contributed by atoms with Crippen LogP contribution in [0.4, 0.5) is 5.95 Å². The number of hydrogen-bond acceptors (Lipinski definition) is 6. The van der Waals surface area contributed by atoms with Crippen molar-refractivity contribution in [1.29, 1.82) is 0 Å². The quantitative estimate of drug-likeness (QED) is 0.568. The van der Waals surface area contributed by atoms with Crippen LogP contribution in [-0.4, -0.2) is 39.6 Å². The Labute approximate surface area is 152 Å². The third-order valence-electron chi connectivity index (χ3n) is 5.53. The van der Waals surface area contributed by atoms with Gasteiger partial charge in [0.25, 0.3) is 0 Å². The van der Waals surface area contributed by atoms with E-state index in [1.54, 1.807) is 0 Å². The van der Waals surface area contributed by atoms with E-state index in [1.165, 1.54) is 5.56 Å². The number of fused-ring (bicyclic) bond motifs is 1. The number of nitrogens with one attached hydrogen (secondary N) is 2. The van der Waals surface area contributed by atoms with Crippen molar-refractivity contribution in [2.75, 3.05) is 25.4 Å². The summed E-state index contributed by atoms with van der Waals surface area (Å²) in [6.45, 7) is 4.65. The second kappa shape index (κ2) is 6.66.